The topological polar surface area (TPSA) is 68.2 Å². The van der Waals surface area contributed by atoms with Crippen molar-refractivity contribution in [2.24, 2.45) is 5.73 Å². The van der Waals surface area contributed by atoms with Crippen LogP contribution in [0, 0.1) is 20.8 Å². The van der Waals surface area contributed by atoms with Crippen LogP contribution in [0.5, 0.6) is 0 Å². The summed E-state index contributed by atoms with van der Waals surface area (Å²) in [6.45, 7) is 6.53. The highest BCUT2D eigenvalue weighted by Crippen LogP contribution is 2.25. The second-order valence-corrected chi connectivity index (χ2v) is 5.03. The fourth-order valence-electron chi connectivity index (χ4n) is 2.71. The van der Waals surface area contributed by atoms with Gasteiger partial charge >= 0.3 is 5.97 Å². The van der Waals surface area contributed by atoms with Gasteiger partial charge in [0.25, 0.3) is 0 Å². The predicted molar refractivity (Wildman–Crippen MR) is 79.7 cm³/mol. The second kappa shape index (κ2) is 5.51. The number of aromatic nitrogens is 1. The molecule has 0 atom stereocenters. The Kier molecular flexibility index (Phi) is 3.95. The van der Waals surface area contributed by atoms with Gasteiger partial charge in [-0.15, -0.1) is 0 Å². The minimum atomic E-state index is -0.894. The van der Waals surface area contributed by atoms with Gasteiger partial charge < -0.3 is 15.4 Å². The third-order valence-electron chi connectivity index (χ3n) is 3.73. The molecular weight excluding hydrogens is 252 g/mol. The van der Waals surface area contributed by atoms with Gasteiger partial charge in [-0.1, -0.05) is 6.07 Å². The standard InChI is InChI=1S/C16H20N2O2/c1-10-9-13(7-8-17)12(3)18(10)15-6-4-5-14(11(15)2)16(19)20/h4-6,9H,7-8,17H2,1-3H3,(H,19,20). The number of hydrogen-bond acceptors (Lipinski definition) is 2. The molecule has 2 rings (SSSR count). The molecule has 4 heteroatoms. The molecule has 0 amide bonds. The van der Waals surface area contributed by atoms with Crippen molar-refractivity contribution in [1.29, 1.82) is 0 Å². The van der Waals surface area contributed by atoms with Crippen LogP contribution in [-0.2, 0) is 6.42 Å². The minimum absolute atomic E-state index is 0.343. The number of aryl methyl sites for hydroxylation is 1. The molecule has 20 heavy (non-hydrogen) atoms. The van der Waals surface area contributed by atoms with E-state index in [9.17, 15) is 9.90 Å². The van der Waals surface area contributed by atoms with Crippen molar-refractivity contribution in [3.05, 3.63) is 52.3 Å². The molecule has 0 aliphatic heterocycles. The molecule has 0 saturated carbocycles. The highest BCUT2D eigenvalue weighted by atomic mass is 16.4. The third-order valence-corrected chi connectivity index (χ3v) is 3.73. The van der Waals surface area contributed by atoms with Crippen LogP contribution in [0.15, 0.2) is 24.3 Å². The number of carbonyl (C=O) groups is 1. The molecule has 0 spiro atoms. The summed E-state index contributed by atoms with van der Waals surface area (Å²) in [7, 11) is 0. The number of carboxylic acids is 1. The van der Waals surface area contributed by atoms with Gasteiger partial charge in [-0.05, 0) is 63.1 Å². The highest BCUT2D eigenvalue weighted by Gasteiger charge is 2.15. The van der Waals surface area contributed by atoms with E-state index in [0.717, 1.165) is 29.1 Å². The molecule has 3 N–H and O–H groups in total. The van der Waals surface area contributed by atoms with E-state index < -0.39 is 5.97 Å². The summed E-state index contributed by atoms with van der Waals surface area (Å²) >= 11 is 0. The van der Waals surface area contributed by atoms with E-state index in [0.29, 0.717) is 12.1 Å². The molecule has 1 heterocycles. The monoisotopic (exact) mass is 272 g/mol. The molecule has 0 saturated heterocycles. The van der Waals surface area contributed by atoms with Crippen LogP contribution in [0.4, 0.5) is 0 Å². The van der Waals surface area contributed by atoms with E-state index in [-0.39, 0.29) is 0 Å². The summed E-state index contributed by atoms with van der Waals surface area (Å²) in [5, 5.41) is 9.24. The van der Waals surface area contributed by atoms with E-state index in [1.54, 1.807) is 12.1 Å². The summed E-state index contributed by atoms with van der Waals surface area (Å²) in [4.78, 5) is 11.3. The quantitative estimate of drug-likeness (QED) is 0.899. The predicted octanol–water partition coefficient (Wildman–Crippen LogP) is 2.60. The number of benzene rings is 1. The first kappa shape index (κ1) is 14.3. The first-order chi connectivity index (χ1) is 9.47. The Morgan fingerprint density at radius 1 is 1.30 bits per heavy atom. The Balaban J connectivity index is 2.63. The number of nitrogens with zero attached hydrogens (tertiary/aromatic N) is 1. The van der Waals surface area contributed by atoms with E-state index in [2.05, 4.69) is 10.6 Å². The molecule has 0 aliphatic carbocycles. The molecule has 0 bridgehead atoms. The Morgan fingerprint density at radius 2 is 2.00 bits per heavy atom. The summed E-state index contributed by atoms with van der Waals surface area (Å²) < 4.78 is 2.10. The highest BCUT2D eigenvalue weighted by molar-refractivity contribution is 5.90. The van der Waals surface area contributed by atoms with Gasteiger partial charge in [-0.2, -0.15) is 0 Å². The first-order valence-corrected chi connectivity index (χ1v) is 6.68. The number of rotatable bonds is 4. The van der Waals surface area contributed by atoms with Crippen LogP contribution >= 0.6 is 0 Å². The zero-order chi connectivity index (χ0) is 14.9. The van der Waals surface area contributed by atoms with E-state index in [1.165, 1.54) is 5.56 Å². The van der Waals surface area contributed by atoms with E-state index in [1.807, 2.05) is 26.8 Å². The normalized spacial score (nSPS) is 10.8. The smallest absolute Gasteiger partial charge is 0.336 e. The number of nitrogens with two attached hydrogens (primary N) is 1. The maximum absolute atomic E-state index is 11.3. The second-order valence-electron chi connectivity index (χ2n) is 5.03. The van der Waals surface area contributed by atoms with Gasteiger partial charge in [0, 0.05) is 17.1 Å². The van der Waals surface area contributed by atoms with Crippen molar-refractivity contribution in [3.63, 3.8) is 0 Å². The first-order valence-electron chi connectivity index (χ1n) is 6.68. The number of hydrogen-bond donors (Lipinski definition) is 2. The lowest BCUT2D eigenvalue weighted by molar-refractivity contribution is 0.0696. The molecule has 0 radical (unpaired) electrons. The Bertz CT molecular complexity index is 657. The van der Waals surface area contributed by atoms with Crippen LogP contribution in [0.25, 0.3) is 5.69 Å². The molecule has 4 nitrogen and oxygen atoms in total. The van der Waals surface area contributed by atoms with E-state index in [4.69, 9.17) is 5.73 Å². The van der Waals surface area contributed by atoms with Gasteiger partial charge in [0.15, 0.2) is 0 Å². The summed E-state index contributed by atoms with van der Waals surface area (Å²) in [6.07, 6.45) is 0.831. The van der Waals surface area contributed by atoms with Gasteiger partial charge in [0.05, 0.1) is 5.56 Å². The van der Waals surface area contributed by atoms with Crippen LogP contribution in [0.2, 0.25) is 0 Å². The van der Waals surface area contributed by atoms with Gasteiger partial charge in [-0.25, -0.2) is 4.79 Å². The maximum atomic E-state index is 11.3. The van der Waals surface area contributed by atoms with Gasteiger partial charge in [0.2, 0.25) is 0 Å². The zero-order valence-corrected chi connectivity index (χ0v) is 12.1. The third kappa shape index (κ3) is 2.34. The molecule has 0 aliphatic rings. The lowest BCUT2D eigenvalue weighted by atomic mass is 10.1. The molecule has 106 valence electrons. The fraction of sp³-hybridized carbons (Fsp3) is 0.312. The lowest BCUT2D eigenvalue weighted by Crippen LogP contribution is -2.08. The number of aromatic carboxylic acids is 1. The van der Waals surface area contributed by atoms with Crippen molar-refractivity contribution < 1.29 is 9.90 Å². The summed E-state index contributed by atoms with van der Waals surface area (Å²) in [6, 6.07) is 7.49. The zero-order valence-electron chi connectivity index (χ0n) is 12.1. The fourth-order valence-corrected chi connectivity index (χ4v) is 2.71. The van der Waals surface area contributed by atoms with Crippen LogP contribution in [0.3, 0.4) is 0 Å². The van der Waals surface area contributed by atoms with Crippen molar-refractivity contribution in [3.8, 4) is 5.69 Å². The van der Waals surface area contributed by atoms with Crippen molar-refractivity contribution >= 4 is 5.97 Å². The van der Waals surface area contributed by atoms with Gasteiger partial charge in [0.1, 0.15) is 0 Å². The summed E-state index contributed by atoms with van der Waals surface area (Å²) in [5.74, 6) is -0.894. The van der Waals surface area contributed by atoms with Crippen LogP contribution in [0.1, 0.15) is 32.9 Å². The lowest BCUT2D eigenvalue weighted by Gasteiger charge is -2.14. The average Bonchev–Trinajstić information content (AvgIpc) is 2.66. The Hall–Kier alpha value is -2.07. The average molecular weight is 272 g/mol. The Labute approximate surface area is 118 Å². The summed E-state index contributed by atoms with van der Waals surface area (Å²) in [5.41, 5.74) is 11.1. The molecule has 1 aromatic carbocycles. The molecule has 1 aromatic heterocycles. The minimum Gasteiger partial charge on any atom is -0.478 e. The van der Waals surface area contributed by atoms with Crippen LogP contribution < -0.4 is 5.73 Å². The number of carboxylic acid groups (broad SMARTS) is 1. The van der Waals surface area contributed by atoms with Crippen molar-refractivity contribution in [2.75, 3.05) is 6.54 Å². The Morgan fingerprint density at radius 3 is 2.60 bits per heavy atom. The van der Waals surface area contributed by atoms with Crippen LogP contribution in [-0.4, -0.2) is 22.2 Å². The molecule has 0 fully saturated rings. The SMILES string of the molecule is Cc1c(C(=O)O)cccc1-n1c(C)cc(CCN)c1C. The van der Waals surface area contributed by atoms with Crippen molar-refractivity contribution in [1.82, 2.24) is 4.57 Å². The van der Waals surface area contributed by atoms with Crippen molar-refractivity contribution in [2.45, 2.75) is 27.2 Å². The maximum Gasteiger partial charge on any atom is 0.336 e. The molecule has 0 unspecified atom stereocenters. The van der Waals surface area contributed by atoms with Gasteiger partial charge in [-0.3, -0.25) is 0 Å². The molecule has 2 aromatic rings. The van der Waals surface area contributed by atoms with E-state index >= 15 is 0 Å². The molecular formula is C16H20N2O2. The largest absolute Gasteiger partial charge is 0.478 e.